The Hall–Kier alpha value is -1.34. The Kier molecular flexibility index (Phi) is 6.58. The van der Waals surface area contributed by atoms with Crippen LogP contribution in [-0.4, -0.2) is 68.6 Å². The Morgan fingerprint density at radius 1 is 1.47 bits per heavy atom. The van der Waals surface area contributed by atoms with Gasteiger partial charge >= 0.3 is 12.0 Å². The number of rotatable bonds is 6. The smallest absolute Gasteiger partial charge is 0.317 e. The number of ether oxygens (including phenoxy) is 2. The van der Waals surface area contributed by atoms with E-state index >= 15 is 0 Å². The summed E-state index contributed by atoms with van der Waals surface area (Å²) in [6, 6.07) is -0.246. The Bertz CT molecular complexity index is 310. The predicted molar refractivity (Wildman–Crippen MR) is 68.0 cm³/mol. The number of methoxy groups -OCH3 is 2. The summed E-state index contributed by atoms with van der Waals surface area (Å²) >= 11 is 0. The van der Waals surface area contributed by atoms with Crippen molar-refractivity contribution >= 4 is 12.0 Å². The average molecular weight is 274 g/mol. The van der Waals surface area contributed by atoms with Crippen molar-refractivity contribution in [2.45, 2.75) is 18.9 Å². The van der Waals surface area contributed by atoms with Gasteiger partial charge in [-0.1, -0.05) is 0 Å². The second kappa shape index (κ2) is 7.96. The summed E-state index contributed by atoms with van der Waals surface area (Å²) in [4.78, 5) is 24.4. The number of carboxylic acid groups (broad SMARTS) is 1. The van der Waals surface area contributed by atoms with Crippen LogP contribution in [0, 0.1) is 5.92 Å². The van der Waals surface area contributed by atoms with E-state index in [9.17, 15) is 9.59 Å². The molecule has 0 bridgehead atoms. The van der Waals surface area contributed by atoms with E-state index in [0.717, 1.165) is 6.42 Å². The maximum Gasteiger partial charge on any atom is 0.317 e. The summed E-state index contributed by atoms with van der Waals surface area (Å²) < 4.78 is 10.1. The highest BCUT2D eigenvalue weighted by Crippen LogP contribution is 2.16. The molecule has 1 aliphatic rings. The van der Waals surface area contributed by atoms with Crippen molar-refractivity contribution in [2.75, 3.05) is 40.5 Å². The Morgan fingerprint density at radius 2 is 2.21 bits per heavy atom. The van der Waals surface area contributed by atoms with Gasteiger partial charge in [0, 0.05) is 33.9 Å². The van der Waals surface area contributed by atoms with Crippen molar-refractivity contribution in [1.82, 2.24) is 10.2 Å². The molecule has 0 radical (unpaired) electrons. The summed E-state index contributed by atoms with van der Waals surface area (Å²) in [7, 11) is 3.12. The molecule has 1 aliphatic heterocycles. The minimum Gasteiger partial charge on any atom is -0.481 e. The zero-order valence-electron chi connectivity index (χ0n) is 11.4. The lowest BCUT2D eigenvalue weighted by atomic mass is 9.99. The molecule has 1 unspecified atom stereocenters. The summed E-state index contributed by atoms with van der Waals surface area (Å²) in [5.41, 5.74) is 0. The van der Waals surface area contributed by atoms with E-state index < -0.39 is 11.9 Å². The van der Waals surface area contributed by atoms with Crippen LogP contribution in [0.15, 0.2) is 0 Å². The molecule has 1 heterocycles. The molecule has 19 heavy (non-hydrogen) atoms. The van der Waals surface area contributed by atoms with Gasteiger partial charge in [-0.2, -0.15) is 0 Å². The number of aliphatic carboxylic acids is 1. The molecule has 2 N–H and O–H groups in total. The van der Waals surface area contributed by atoms with Gasteiger partial charge in [0.05, 0.1) is 18.6 Å². The highest BCUT2D eigenvalue weighted by molar-refractivity contribution is 5.76. The highest BCUT2D eigenvalue weighted by atomic mass is 16.5. The first-order chi connectivity index (χ1) is 9.08. The van der Waals surface area contributed by atoms with Crippen LogP contribution in [0.25, 0.3) is 0 Å². The van der Waals surface area contributed by atoms with Gasteiger partial charge in [-0.3, -0.25) is 4.79 Å². The first-order valence-electron chi connectivity index (χ1n) is 6.35. The molecule has 1 rings (SSSR count). The molecule has 0 saturated carbocycles. The Labute approximate surface area is 112 Å². The van der Waals surface area contributed by atoms with E-state index in [1.807, 2.05) is 0 Å². The fourth-order valence-corrected chi connectivity index (χ4v) is 2.07. The lowest BCUT2D eigenvalue weighted by Crippen LogP contribution is -2.49. The summed E-state index contributed by atoms with van der Waals surface area (Å²) in [6.07, 6.45) is 1.15. The van der Waals surface area contributed by atoms with Crippen molar-refractivity contribution in [3.05, 3.63) is 0 Å². The average Bonchev–Trinajstić information content (AvgIpc) is 2.43. The summed E-state index contributed by atoms with van der Waals surface area (Å²) in [6.45, 7) is 1.60. The molecule has 0 aliphatic carbocycles. The lowest BCUT2D eigenvalue weighted by molar-refractivity contribution is -0.143. The third-order valence-corrected chi connectivity index (χ3v) is 3.22. The maximum absolute atomic E-state index is 11.9. The maximum atomic E-state index is 11.9. The highest BCUT2D eigenvalue weighted by Gasteiger charge is 2.28. The molecule has 2 amide bonds. The number of carbonyl (C=O) groups excluding carboxylic acids is 1. The van der Waals surface area contributed by atoms with E-state index in [2.05, 4.69) is 5.32 Å². The van der Waals surface area contributed by atoms with Crippen molar-refractivity contribution in [3.8, 4) is 0 Å². The van der Waals surface area contributed by atoms with E-state index in [0.29, 0.717) is 26.1 Å². The molecule has 7 heteroatoms. The molecule has 0 aromatic heterocycles. The molecule has 110 valence electrons. The van der Waals surface area contributed by atoms with Crippen LogP contribution >= 0.6 is 0 Å². The second-order valence-electron chi connectivity index (χ2n) is 4.62. The van der Waals surface area contributed by atoms with Gasteiger partial charge in [-0.05, 0) is 12.8 Å². The van der Waals surface area contributed by atoms with Crippen LogP contribution in [0.3, 0.4) is 0 Å². The van der Waals surface area contributed by atoms with Crippen molar-refractivity contribution in [3.63, 3.8) is 0 Å². The molecule has 0 aromatic carbocycles. The monoisotopic (exact) mass is 274 g/mol. The number of amides is 2. The van der Waals surface area contributed by atoms with Crippen LogP contribution in [-0.2, 0) is 14.3 Å². The molecule has 1 fully saturated rings. The van der Waals surface area contributed by atoms with E-state index in [4.69, 9.17) is 14.6 Å². The number of nitrogens with one attached hydrogen (secondary N) is 1. The lowest BCUT2D eigenvalue weighted by Gasteiger charge is -2.31. The van der Waals surface area contributed by atoms with Gasteiger partial charge in [0.2, 0.25) is 0 Å². The normalized spacial score (nSPS) is 20.9. The zero-order chi connectivity index (χ0) is 14.3. The predicted octanol–water partition coefficient (Wildman–Crippen LogP) is 0.154. The van der Waals surface area contributed by atoms with E-state index in [-0.39, 0.29) is 18.7 Å². The second-order valence-corrected chi connectivity index (χ2v) is 4.62. The van der Waals surface area contributed by atoms with Gasteiger partial charge in [0.1, 0.15) is 0 Å². The number of nitrogens with zero attached hydrogens (tertiary/aromatic N) is 1. The van der Waals surface area contributed by atoms with Gasteiger partial charge in [-0.15, -0.1) is 0 Å². The number of piperidine rings is 1. The number of carboxylic acids is 1. The van der Waals surface area contributed by atoms with Crippen molar-refractivity contribution < 1.29 is 24.2 Å². The number of hydrogen-bond donors (Lipinski definition) is 2. The molecule has 0 spiro atoms. The number of likely N-dealkylation sites (tertiary alicyclic amines) is 1. The third kappa shape index (κ3) is 5.04. The van der Waals surface area contributed by atoms with Crippen LogP contribution in [0.2, 0.25) is 0 Å². The van der Waals surface area contributed by atoms with Crippen LogP contribution < -0.4 is 5.32 Å². The number of urea groups is 1. The molecule has 7 nitrogen and oxygen atoms in total. The standard InChI is InChI=1S/C12H22N2O5/c1-18-8-10(19-2)6-13-12(17)14-5-3-4-9(7-14)11(15)16/h9-10H,3-8H2,1-2H3,(H,13,17)(H,15,16)/t9-,10?/m0/s1. The molecule has 0 aromatic rings. The number of hydrogen-bond acceptors (Lipinski definition) is 4. The first-order valence-corrected chi connectivity index (χ1v) is 6.35. The first kappa shape index (κ1) is 15.7. The Balaban J connectivity index is 2.38. The number of carbonyl (C=O) groups is 2. The topological polar surface area (TPSA) is 88.1 Å². The minimum absolute atomic E-state index is 0.200. The largest absolute Gasteiger partial charge is 0.481 e. The molecular weight excluding hydrogens is 252 g/mol. The van der Waals surface area contributed by atoms with Crippen LogP contribution in [0.5, 0.6) is 0 Å². The van der Waals surface area contributed by atoms with Gasteiger partial charge in [0.25, 0.3) is 0 Å². The molecular formula is C12H22N2O5. The Morgan fingerprint density at radius 3 is 2.79 bits per heavy atom. The summed E-state index contributed by atoms with van der Waals surface area (Å²) in [5, 5.41) is 11.7. The SMILES string of the molecule is COCC(CNC(=O)N1CCC[C@H](C(=O)O)C1)OC. The fraction of sp³-hybridized carbons (Fsp3) is 0.833. The fourth-order valence-electron chi connectivity index (χ4n) is 2.07. The van der Waals surface area contributed by atoms with E-state index in [1.165, 1.54) is 0 Å². The van der Waals surface area contributed by atoms with Crippen LogP contribution in [0.4, 0.5) is 4.79 Å². The van der Waals surface area contributed by atoms with Crippen molar-refractivity contribution in [2.24, 2.45) is 5.92 Å². The van der Waals surface area contributed by atoms with Gasteiger partial charge in [-0.25, -0.2) is 4.79 Å². The summed E-state index contributed by atoms with van der Waals surface area (Å²) in [5.74, 6) is -1.30. The van der Waals surface area contributed by atoms with Crippen molar-refractivity contribution in [1.29, 1.82) is 0 Å². The van der Waals surface area contributed by atoms with Gasteiger partial charge in [0.15, 0.2) is 0 Å². The third-order valence-electron chi connectivity index (χ3n) is 3.22. The van der Waals surface area contributed by atoms with Crippen LogP contribution in [0.1, 0.15) is 12.8 Å². The van der Waals surface area contributed by atoms with Gasteiger partial charge < -0.3 is 24.8 Å². The quantitative estimate of drug-likeness (QED) is 0.720. The molecule has 2 atom stereocenters. The van der Waals surface area contributed by atoms with E-state index in [1.54, 1.807) is 19.1 Å². The zero-order valence-corrected chi connectivity index (χ0v) is 11.4. The minimum atomic E-state index is -0.841. The molecule has 1 saturated heterocycles.